The molecule has 0 aliphatic heterocycles. The number of urea groups is 1. The summed E-state index contributed by atoms with van der Waals surface area (Å²) in [6.07, 6.45) is -0.359. The molecule has 4 aromatic rings. The largest absolute Gasteiger partial charge is 0.417 e. The molecule has 4 N–H and O–H groups in total. The zero-order chi connectivity index (χ0) is 26.6. The number of amides is 2. The lowest BCUT2D eigenvalue weighted by molar-refractivity contribution is -0.137. The molecule has 2 aromatic carbocycles. The minimum atomic E-state index is -4.65. The molecule has 0 saturated carbocycles. The maximum absolute atomic E-state index is 13.1. The van der Waals surface area contributed by atoms with Crippen molar-refractivity contribution in [2.24, 2.45) is 0 Å². The van der Waals surface area contributed by atoms with E-state index in [1.807, 2.05) is 0 Å². The first-order chi connectivity index (χ1) is 17.6. The number of carbonyl (C=O) groups excluding carboxylic acids is 1. The molecule has 0 saturated heterocycles. The van der Waals surface area contributed by atoms with Crippen LogP contribution in [0.4, 0.5) is 35.3 Å². The van der Waals surface area contributed by atoms with Gasteiger partial charge in [-0.05, 0) is 43.3 Å². The smallest absolute Gasteiger partial charge is 0.392 e. The van der Waals surface area contributed by atoms with E-state index in [-0.39, 0.29) is 12.2 Å². The quantitative estimate of drug-likeness (QED) is 0.252. The summed E-state index contributed by atoms with van der Waals surface area (Å²) in [6.45, 7) is 1.92. The Morgan fingerprint density at radius 2 is 1.84 bits per heavy atom. The summed E-state index contributed by atoms with van der Waals surface area (Å²) in [7, 11) is 0. The zero-order valence-corrected chi connectivity index (χ0v) is 20.0. The first-order valence-electron chi connectivity index (χ1n) is 10.9. The van der Waals surface area contributed by atoms with Gasteiger partial charge in [-0.2, -0.15) is 18.2 Å². The number of rotatable bonds is 7. The van der Waals surface area contributed by atoms with Crippen LogP contribution in [-0.2, 0) is 6.18 Å². The second kappa shape index (κ2) is 10.8. The first kappa shape index (κ1) is 25.9. The lowest BCUT2D eigenvalue weighted by Crippen LogP contribution is -2.20. The fourth-order valence-corrected chi connectivity index (χ4v) is 3.58. The SMILES string of the molecule is C[C@H](O)CNc1nccc(-n2ccnc2-c2cccc(NC(=O)Nc3ccc(Cl)c(C(F)(F)F)c3)c2)n1. The minimum absolute atomic E-state index is 0.0651. The number of nitrogens with zero attached hydrogens (tertiary/aromatic N) is 4. The predicted molar refractivity (Wildman–Crippen MR) is 134 cm³/mol. The van der Waals surface area contributed by atoms with Crippen molar-refractivity contribution < 1.29 is 23.1 Å². The minimum Gasteiger partial charge on any atom is -0.392 e. The van der Waals surface area contributed by atoms with Gasteiger partial charge in [0.25, 0.3) is 0 Å². The fraction of sp³-hybridized carbons (Fsp3) is 0.167. The molecule has 1 atom stereocenters. The summed E-state index contributed by atoms with van der Waals surface area (Å²) in [6, 6.07) is 10.8. The number of nitrogens with one attached hydrogen (secondary N) is 3. The van der Waals surface area contributed by atoms with E-state index in [1.165, 1.54) is 6.07 Å². The third-order valence-electron chi connectivity index (χ3n) is 4.99. The Labute approximate surface area is 214 Å². The fourth-order valence-electron chi connectivity index (χ4n) is 3.36. The zero-order valence-electron chi connectivity index (χ0n) is 19.3. The van der Waals surface area contributed by atoms with Crippen LogP contribution in [0.15, 0.2) is 67.1 Å². The number of anilines is 3. The maximum atomic E-state index is 13.1. The molecule has 2 amide bonds. The number of hydrogen-bond donors (Lipinski definition) is 4. The molecule has 192 valence electrons. The topological polar surface area (TPSA) is 117 Å². The van der Waals surface area contributed by atoms with Crippen molar-refractivity contribution in [1.82, 2.24) is 19.5 Å². The van der Waals surface area contributed by atoms with Gasteiger partial charge in [-0.25, -0.2) is 14.8 Å². The summed E-state index contributed by atoms with van der Waals surface area (Å²) in [5.41, 5.74) is -0.0817. The molecule has 2 heterocycles. The van der Waals surface area contributed by atoms with Crippen LogP contribution in [0.5, 0.6) is 0 Å². The van der Waals surface area contributed by atoms with E-state index in [0.29, 0.717) is 28.8 Å². The summed E-state index contributed by atoms with van der Waals surface area (Å²) in [5.74, 6) is 1.38. The van der Waals surface area contributed by atoms with E-state index < -0.39 is 28.9 Å². The van der Waals surface area contributed by atoms with Crippen LogP contribution in [0.25, 0.3) is 17.2 Å². The first-order valence-corrected chi connectivity index (χ1v) is 11.3. The Morgan fingerprint density at radius 1 is 1.08 bits per heavy atom. The number of aliphatic hydroxyl groups is 1. The van der Waals surface area contributed by atoms with Gasteiger partial charge < -0.3 is 21.1 Å². The highest BCUT2D eigenvalue weighted by Crippen LogP contribution is 2.36. The third kappa shape index (κ3) is 6.54. The molecular formula is C24H21ClF3N7O2. The number of aromatic nitrogens is 4. The van der Waals surface area contributed by atoms with E-state index in [0.717, 1.165) is 12.1 Å². The standard InChI is InChI=1S/C24H21ClF3N7O2/c1-14(36)13-31-22-30-8-7-20(34-22)35-10-9-29-21(35)15-3-2-4-16(11-15)32-23(37)33-17-5-6-19(25)18(12-17)24(26,27)28/h2-12,14,36H,13H2,1H3,(H,30,31,34)(H2,32,33,37)/t14-/m0/s1. The van der Waals surface area contributed by atoms with Gasteiger partial charge in [0.15, 0.2) is 0 Å². The second-order valence-corrected chi connectivity index (χ2v) is 8.35. The average Bonchev–Trinajstić information content (AvgIpc) is 3.34. The van der Waals surface area contributed by atoms with Crippen molar-refractivity contribution in [2.45, 2.75) is 19.2 Å². The molecule has 0 bridgehead atoms. The molecule has 37 heavy (non-hydrogen) atoms. The normalized spacial score (nSPS) is 12.2. The lowest BCUT2D eigenvalue weighted by atomic mass is 10.2. The van der Waals surface area contributed by atoms with Crippen molar-refractivity contribution >= 4 is 35.0 Å². The number of aliphatic hydroxyl groups excluding tert-OH is 1. The molecule has 4 rings (SSSR count). The molecular weight excluding hydrogens is 511 g/mol. The van der Waals surface area contributed by atoms with Crippen LogP contribution in [0, 0.1) is 0 Å². The molecule has 9 nitrogen and oxygen atoms in total. The molecule has 0 radical (unpaired) electrons. The molecule has 0 unspecified atom stereocenters. The van der Waals surface area contributed by atoms with E-state index >= 15 is 0 Å². The highest BCUT2D eigenvalue weighted by molar-refractivity contribution is 6.31. The van der Waals surface area contributed by atoms with Crippen LogP contribution in [-0.4, -0.2) is 43.3 Å². The van der Waals surface area contributed by atoms with Gasteiger partial charge in [-0.1, -0.05) is 23.7 Å². The number of carbonyl (C=O) groups is 1. The summed E-state index contributed by atoms with van der Waals surface area (Å²) in [4.78, 5) is 25.4. The monoisotopic (exact) mass is 531 g/mol. The van der Waals surface area contributed by atoms with Gasteiger partial charge in [0, 0.05) is 42.1 Å². The number of imidazole rings is 1. The Bertz CT molecular complexity index is 1410. The van der Waals surface area contributed by atoms with Crippen molar-refractivity contribution in [3.8, 4) is 17.2 Å². The highest BCUT2D eigenvalue weighted by Gasteiger charge is 2.33. The van der Waals surface area contributed by atoms with E-state index in [4.69, 9.17) is 11.6 Å². The average molecular weight is 532 g/mol. The van der Waals surface area contributed by atoms with E-state index in [2.05, 4.69) is 30.9 Å². The molecule has 13 heteroatoms. The van der Waals surface area contributed by atoms with Gasteiger partial charge in [-0.3, -0.25) is 4.57 Å². The summed E-state index contributed by atoms with van der Waals surface area (Å²) >= 11 is 5.63. The van der Waals surface area contributed by atoms with Crippen LogP contribution in [0.3, 0.4) is 0 Å². The molecule has 0 aliphatic rings. The van der Waals surface area contributed by atoms with Gasteiger partial charge in [0.2, 0.25) is 5.95 Å². The number of halogens is 4. The number of hydrogen-bond acceptors (Lipinski definition) is 6. The van der Waals surface area contributed by atoms with Gasteiger partial charge in [0.05, 0.1) is 16.7 Å². The molecule has 0 spiro atoms. The van der Waals surface area contributed by atoms with Crippen LogP contribution in [0.2, 0.25) is 5.02 Å². The number of benzene rings is 2. The lowest BCUT2D eigenvalue weighted by Gasteiger charge is -2.13. The summed E-state index contributed by atoms with van der Waals surface area (Å²) in [5, 5.41) is 16.9. The second-order valence-electron chi connectivity index (χ2n) is 7.94. The highest BCUT2D eigenvalue weighted by atomic mass is 35.5. The summed E-state index contributed by atoms with van der Waals surface area (Å²) < 4.78 is 41.0. The van der Waals surface area contributed by atoms with Gasteiger partial charge >= 0.3 is 12.2 Å². The van der Waals surface area contributed by atoms with Crippen molar-refractivity contribution in [2.75, 3.05) is 22.5 Å². The molecule has 0 aliphatic carbocycles. The van der Waals surface area contributed by atoms with Crippen molar-refractivity contribution in [3.05, 3.63) is 77.7 Å². The third-order valence-corrected chi connectivity index (χ3v) is 5.32. The van der Waals surface area contributed by atoms with Crippen LogP contribution >= 0.6 is 11.6 Å². The number of alkyl halides is 3. The van der Waals surface area contributed by atoms with E-state index in [9.17, 15) is 23.1 Å². The van der Waals surface area contributed by atoms with Crippen LogP contribution in [0.1, 0.15) is 12.5 Å². The van der Waals surface area contributed by atoms with Crippen molar-refractivity contribution in [3.63, 3.8) is 0 Å². The van der Waals surface area contributed by atoms with Gasteiger partial charge in [0.1, 0.15) is 11.6 Å². The Hall–Kier alpha value is -4.16. The maximum Gasteiger partial charge on any atom is 0.417 e. The van der Waals surface area contributed by atoms with Crippen LogP contribution < -0.4 is 16.0 Å². The van der Waals surface area contributed by atoms with Gasteiger partial charge in [-0.15, -0.1) is 0 Å². The van der Waals surface area contributed by atoms with E-state index in [1.54, 1.807) is 60.4 Å². The molecule has 2 aromatic heterocycles. The Kier molecular flexibility index (Phi) is 7.60. The predicted octanol–water partition coefficient (Wildman–Crippen LogP) is 5.44. The Morgan fingerprint density at radius 3 is 2.57 bits per heavy atom. The van der Waals surface area contributed by atoms with Crippen molar-refractivity contribution in [1.29, 1.82) is 0 Å². The Balaban J connectivity index is 1.51. The molecule has 0 fully saturated rings.